The van der Waals surface area contributed by atoms with Crippen LogP contribution < -0.4 is 10.6 Å². The number of benzene rings is 2. The number of anilines is 1. The van der Waals surface area contributed by atoms with Crippen molar-refractivity contribution in [3.8, 4) is 11.3 Å². The zero-order chi connectivity index (χ0) is 24.2. The van der Waals surface area contributed by atoms with Crippen molar-refractivity contribution in [2.45, 2.75) is 25.4 Å². The number of hydrogen-bond acceptors (Lipinski definition) is 4. The molecule has 2 aromatic carbocycles. The molecule has 178 valence electrons. The molecule has 2 N–H and O–H groups in total. The summed E-state index contributed by atoms with van der Waals surface area (Å²) in [5.74, 6) is 1.63. The lowest BCUT2D eigenvalue weighted by Gasteiger charge is -2.26. The van der Waals surface area contributed by atoms with Crippen LogP contribution in [0.4, 0.5) is 5.69 Å². The number of nitrogens with zero attached hydrogens (tertiary/aromatic N) is 2. The summed E-state index contributed by atoms with van der Waals surface area (Å²) in [6.07, 6.45) is 2.73. The van der Waals surface area contributed by atoms with Crippen LogP contribution in [0, 0.1) is 6.92 Å². The van der Waals surface area contributed by atoms with Crippen molar-refractivity contribution in [2.24, 2.45) is 0 Å². The molecular weight excluding hydrogens is 476 g/mol. The van der Waals surface area contributed by atoms with E-state index in [1.165, 1.54) is 0 Å². The molecule has 0 bridgehead atoms. The normalized spacial score (nSPS) is 17.4. The van der Waals surface area contributed by atoms with Gasteiger partial charge in [-0.05, 0) is 73.6 Å². The van der Waals surface area contributed by atoms with E-state index in [1.54, 1.807) is 0 Å². The SMILES string of the molecule is Cc1ccc(-c2ccc(C3C(c4ccccn4)NC(=S)N3CCCNc3ccccc3)o2)cc1Cl. The van der Waals surface area contributed by atoms with Crippen LogP contribution in [0.3, 0.4) is 0 Å². The van der Waals surface area contributed by atoms with Crippen LogP contribution in [0.2, 0.25) is 5.02 Å². The molecule has 0 saturated carbocycles. The van der Waals surface area contributed by atoms with E-state index >= 15 is 0 Å². The third-order valence-electron chi connectivity index (χ3n) is 6.25. The zero-order valence-electron chi connectivity index (χ0n) is 19.4. The summed E-state index contributed by atoms with van der Waals surface area (Å²) in [4.78, 5) is 6.82. The molecule has 7 heteroatoms. The van der Waals surface area contributed by atoms with Crippen molar-refractivity contribution < 1.29 is 4.42 Å². The molecule has 4 aromatic rings. The minimum atomic E-state index is -0.108. The van der Waals surface area contributed by atoms with Crippen LogP contribution in [0.5, 0.6) is 0 Å². The summed E-state index contributed by atoms with van der Waals surface area (Å²) < 4.78 is 6.41. The summed E-state index contributed by atoms with van der Waals surface area (Å²) in [7, 11) is 0. The van der Waals surface area contributed by atoms with Gasteiger partial charge < -0.3 is 20.0 Å². The van der Waals surface area contributed by atoms with E-state index < -0.39 is 0 Å². The Hall–Kier alpha value is -3.35. The van der Waals surface area contributed by atoms with Crippen molar-refractivity contribution in [3.05, 3.63) is 107 Å². The van der Waals surface area contributed by atoms with Crippen LogP contribution in [0.1, 0.15) is 35.5 Å². The van der Waals surface area contributed by atoms with Crippen LogP contribution in [-0.4, -0.2) is 28.1 Å². The molecule has 1 aliphatic rings. The lowest BCUT2D eigenvalue weighted by molar-refractivity contribution is 0.274. The van der Waals surface area contributed by atoms with Crippen molar-refractivity contribution in [2.75, 3.05) is 18.4 Å². The summed E-state index contributed by atoms with van der Waals surface area (Å²) in [6.45, 7) is 3.62. The number of furan rings is 1. The Labute approximate surface area is 216 Å². The van der Waals surface area contributed by atoms with Crippen molar-refractivity contribution in [1.82, 2.24) is 15.2 Å². The number of halogens is 1. The van der Waals surface area contributed by atoms with E-state index in [4.69, 9.17) is 28.2 Å². The summed E-state index contributed by atoms with van der Waals surface area (Å²) in [5, 5.41) is 8.40. The fraction of sp³-hybridized carbons (Fsp3) is 0.214. The fourth-order valence-corrected chi connectivity index (χ4v) is 4.92. The molecule has 5 rings (SSSR count). The first-order valence-electron chi connectivity index (χ1n) is 11.7. The van der Waals surface area contributed by atoms with E-state index in [0.29, 0.717) is 5.11 Å². The maximum Gasteiger partial charge on any atom is 0.170 e. The molecule has 2 aromatic heterocycles. The lowest BCUT2D eigenvalue weighted by Crippen LogP contribution is -2.31. The Balaban J connectivity index is 1.39. The average molecular weight is 503 g/mol. The van der Waals surface area contributed by atoms with Gasteiger partial charge >= 0.3 is 0 Å². The van der Waals surface area contributed by atoms with Crippen molar-refractivity contribution in [1.29, 1.82) is 0 Å². The highest BCUT2D eigenvalue weighted by Gasteiger charge is 2.41. The topological polar surface area (TPSA) is 53.3 Å². The minimum Gasteiger partial charge on any atom is -0.459 e. The number of para-hydroxylation sites is 1. The number of aromatic nitrogens is 1. The van der Waals surface area contributed by atoms with Gasteiger partial charge in [0, 0.05) is 35.6 Å². The summed E-state index contributed by atoms with van der Waals surface area (Å²) >= 11 is 12.1. The first-order chi connectivity index (χ1) is 17.1. The predicted octanol–water partition coefficient (Wildman–Crippen LogP) is 6.78. The van der Waals surface area contributed by atoms with Crippen LogP contribution >= 0.6 is 23.8 Å². The van der Waals surface area contributed by atoms with Gasteiger partial charge in [0.15, 0.2) is 5.11 Å². The fourth-order valence-electron chi connectivity index (χ4n) is 4.41. The number of nitrogens with one attached hydrogen (secondary N) is 2. The molecule has 35 heavy (non-hydrogen) atoms. The maximum absolute atomic E-state index is 6.41. The Kier molecular flexibility index (Phi) is 7.02. The number of rotatable bonds is 8. The summed E-state index contributed by atoms with van der Waals surface area (Å²) in [6, 6.07) is 26.0. The van der Waals surface area contributed by atoms with Gasteiger partial charge in [-0.15, -0.1) is 0 Å². The number of hydrogen-bond donors (Lipinski definition) is 2. The van der Waals surface area contributed by atoms with Gasteiger partial charge in [0.2, 0.25) is 0 Å². The second-order valence-electron chi connectivity index (χ2n) is 8.63. The third kappa shape index (κ3) is 5.19. The predicted molar refractivity (Wildman–Crippen MR) is 146 cm³/mol. The summed E-state index contributed by atoms with van der Waals surface area (Å²) in [5.41, 5.74) is 4.04. The van der Waals surface area contributed by atoms with Gasteiger partial charge in [-0.1, -0.05) is 48.0 Å². The van der Waals surface area contributed by atoms with Gasteiger partial charge in [-0.2, -0.15) is 0 Å². The number of pyridine rings is 1. The maximum atomic E-state index is 6.41. The molecule has 3 heterocycles. The first kappa shape index (κ1) is 23.4. The number of aryl methyl sites for hydroxylation is 1. The van der Waals surface area contributed by atoms with Crippen molar-refractivity contribution in [3.63, 3.8) is 0 Å². The monoisotopic (exact) mass is 502 g/mol. The second-order valence-corrected chi connectivity index (χ2v) is 9.43. The highest BCUT2D eigenvalue weighted by atomic mass is 35.5. The standard InChI is InChI=1S/C28H27ClN4OS/c1-19-11-12-20(18-22(19)29)24-13-14-25(34-24)27-26(23-10-5-6-15-31-23)32-28(35)33(27)17-7-16-30-21-8-3-2-4-9-21/h2-6,8-15,18,26-27,30H,7,16-17H2,1H3,(H,32,35). The van der Waals surface area contributed by atoms with Crippen LogP contribution in [0.15, 0.2) is 89.5 Å². The minimum absolute atomic E-state index is 0.105. The Morgan fingerprint density at radius 1 is 1.06 bits per heavy atom. The molecule has 1 aliphatic heterocycles. The quantitative estimate of drug-likeness (QED) is 0.204. The van der Waals surface area contributed by atoms with Gasteiger partial charge in [0.1, 0.15) is 17.6 Å². The van der Waals surface area contributed by atoms with Gasteiger partial charge in [-0.3, -0.25) is 4.98 Å². The first-order valence-corrected chi connectivity index (χ1v) is 12.5. The lowest BCUT2D eigenvalue weighted by atomic mass is 10.0. The number of thiocarbonyl (C=S) groups is 1. The van der Waals surface area contributed by atoms with Crippen LogP contribution in [-0.2, 0) is 0 Å². The molecule has 0 aliphatic carbocycles. The molecule has 1 fully saturated rings. The van der Waals surface area contributed by atoms with E-state index in [9.17, 15) is 0 Å². The Bertz CT molecular complexity index is 1290. The molecule has 0 radical (unpaired) electrons. The van der Waals surface area contributed by atoms with E-state index in [0.717, 1.165) is 58.6 Å². The largest absolute Gasteiger partial charge is 0.459 e. The van der Waals surface area contributed by atoms with Gasteiger partial charge in [-0.25, -0.2) is 0 Å². The Morgan fingerprint density at radius 3 is 2.66 bits per heavy atom. The molecule has 2 atom stereocenters. The highest BCUT2D eigenvalue weighted by Crippen LogP contribution is 2.40. The second kappa shape index (κ2) is 10.5. The van der Waals surface area contributed by atoms with E-state index in [-0.39, 0.29) is 12.1 Å². The molecule has 2 unspecified atom stereocenters. The molecule has 1 saturated heterocycles. The van der Waals surface area contributed by atoms with Crippen LogP contribution in [0.25, 0.3) is 11.3 Å². The average Bonchev–Trinajstić information content (AvgIpc) is 3.49. The molecule has 0 amide bonds. The Morgan fingerprint density at radius 2 is 1.89 bits per heavy atom. The zero-order valence-corrected chi connectivity index (χ0v) is 21.0. The molecule has 0 spiro atoms. The third-order valence-corrected chi connectivity index (χ3v) is 7.01. The highest BCUT2D eigenvalue weighted by molar-refractivity contribution is 7.80. The van der Waals surface area contributed by atoms with E-state index in [1.807, 2.05) is 79.9 Å². The van der Waals surface area contributed by atoms with Gasteiger partial charge in [0.05, 0.1) is 11.7 Å². The van der Waals surface area contributed by atoms with Crippen molar-refractivity contribution >= 4 is 34.6 Å². The molecular formula is C28H27ClN4OS. The van der Waals surface area contributed by atoms with E-state index in [2.05, 4.69) is 32.7 Å². The van der Waals surface area contributed by atoms with Gasteiger partial charge in [0.25, 0.3) is 0 Å². The molecule has 5 nitrogen and oxygen atoms in total. The smallest absolute Gasteiger partial charge is 0.170 e.